The van der Waals surface area contributed by atoms with E-state index in [2.05, 4.69) is 18.7 Å². The van der Waals surface area contributed by atoms with Gasteiger partial charge in [-0.25, -0.2) is 5.06 Å². The maximum Gasteiger partial charge on any atom is 0.277 e. The minimum atomic E-state index is -0.142. The number of ether oxygens (including phenoxy) is 1. The maximum atomic E-state index is 12.0. The summed E-state index contributed by atoms with van der Waals surface area (Å²) in [7, 11) is 3.08. The molecule has 1 aliphatic rings. The molecule has 116 valence electrons. The fraction of sp³-hybridized carbons (Fsp3) is 0.562. The third-order valence-electron chi connectivity index (χ3n) is 3.98. The van der Waals surface area contributed by atoms with Crippen LogP contribution in [0.4, 0.5) is 0 Å². The number of benzene rings is 1. The number of carbonyl (C=O) groups excluding carboxylic acids is 1. The Morgan fingerprint density at radius 1 is 1.29 bits per heavy atom. The van der Waals surface area contributed by atoms with Crippen LogP contribution in [-0.4, -0.2) is 55.3 Å². The Labute approximate surface area is 126 Å². The van der Waals surface area contributed by atoms with Gasteiger partial charge in [0.15, 0.2) is 0 Å². The highest BCUT2D eigenvalue weighted by atomic mass is 16.7. The van der Waals surface area contributed by atoms with Gasteiger partial charge < -0.3 is 4.74 Å². The van der Waals surface area contributed by atoms with E-state index in [1.165, 1.54) is 17.7 Å². The largest absolute Gasteiger partial charge is 0.378 e. The molecule has 1 saturated heterocycles. The number of hydroxylamine groups is 2. The topological polar surface area (TPSA) is 42.0 Å². The highest BCUT2D eigenvalue weighted by Crippen LogP contribution is 2.17. The van der Waals surface area contributed by atoms with Crippen molar-refractivity contribution in [3.8, 4) is 0 Å². The smallest absolute Gasteiger partial charge is 0.277 e. The number of hydrogen-bond acceptors (Lipinski definition) is 4. The molecule has 1 heterocycles. The Balaban J connectivity index is 2.03. The predicted molar refractivity (Wildman–Crippen MR) is 80.8 cm³/mol. The predicted octanol–water partition coefficient (Wildman–Crippen LogP) is 1.93. The van der Waals surface area contributed by atoms with E-state index in [0.29, 0.717) is 17.6 Å². The van der Waals surface area contributed by atoms with Crippen molar-refractivity contribution in [2.24, 2.45) is 0 Å². The summed E-state index contributed by atoms with van der Waals surface area (Å²) in [6.45, 7) is 6.79. The molecule has 2 rings (SSSR count). The molecule has 1 aromatic carbocycles. The quantitative estimate of drug-likeness (QED) is 0.795. The Hall–Kier alpha value is -1.43. The molecule has 1 fully saturated rings. The molecule has 1 amide bonds. The van der Waals surface area contributed by atoms with E-state index in [1.54, 1.807) is 7.05 Å². The summed E-state index contributed by atoms with van der Waals surface area (Å²) in [4.78, 5) is 19.3. The van der Waals surface area contributed by atoms with Crippen LogP contribution < -0.4 is 0 Å². The van der Waals surface area contributed by atoms with Gasteiger partial charge in [-0.2, -0.15) is 0 Å². The standard InChI is InChI=1S/C16H24N2O3/c1-12-10-21-11-13(2)18(12)9-14-5-7-15(8-6-14)16(19)17(3)20-4/h5-8,12-13H,9-11H2,1-4H3/t12-,13-/m0/s1. The minimum absolute atomic E-state index is 0.142. The second kappa shape index (κ2) is 7.02. The number of hydrogen-bond donors (Lipinski definition) is 0. The SMILES string of the molecule is CON(C)C(=O)c1ccc(CN2[C@@H](C)COC[C@@H]2C)cc1. The molecule has 2 atom stereocenters. The van der Waals surface area contributed by atoms with E-state index >= 15 is 0 Å². The van der Waals surface area contributed by atoms with E-state index in [4.69, 9.17) is 9.57 Å². The van der Waals surface area contributed by atoms with Crippen molar-refractivity contribution in [2.45, 2.75) is 32.5 Å². The first kappa shape index (κ1) is 15.9. The van der Waals surface area contributed by atoms with E-state index in [1.807, 2.05) is 24.3 Å². The van der Waals surface area contributed by atoms with E-state index in [9.17, 15) is 4.79 Å². The maximum absolute atomic E-state index is 12.0. The van der Waals surface area contributed by atoms with Gasteiger partial charge in [0.05, 0.1) is 20.3 Å². The van der Waals surface area contributed by atoms with Crippen LogP contribution in [0.15, 0.2) is 24.3 Å². The van der Waals surface area contributed by atoms with E-state index in [0.717, 1.165) is 19.8 Å². The van der Waals surface area contributed by atoms with Crippen molar-refractivity contribution in [1.82, 2.24) is 9.96 Å². The molecule has 0 radical (unpaired) electrons. The van der Waals surface area contributed by atoms with Gasteiger partial charge in [-0.1, -0.05) is 12.1 Å². The van der Waals surface area contributed by atoms with Crippen molar-refractivity contribution >= 4 is 5.91 Å². The van der Waals surface area contributed by atoms with Crippen LogP contribution in [0.25, 0.3) is 0 Å². The highest BCUT2D eigenvalue weighted by molar-refractivity contribution is 5.93. The normalized spacial score (nSPS) is 23.0. The first-order valence-corrected chi connectivity index (χ1v) is 7.27. The second-order valence-corrected chi connectivity index (χ2v) is 5.59. The first-order valence-electron chi connectivity index (χ1n) is 7.27. The Morgan fingerprint density at radius 2 is 1.86 bits per heavy atom. The van der Waals surface area contributed by atoms with Crippen molar-refractivity contribution in [3.05, 3.63) is 35.4 Å². The minimum Gasteiger partial charge on any atom is -0.378 e. The van der Waals surface area contributed by atoms with Crippen LogP contribution in [0.3, 0.4) is 0 Å². The molecule has 5 nitrogen and oxygen atoms in total. The van der Waals surface area contributed by atoms with E-state index < -0.39 is 0 Å². The van der Waals surface area contributed by atoms with Crippen molar-refractivity contribution in [2.75, 3.05) is 27.4 Å². The molecule has 0 spiro atoms. The molecular formula is C16H24N2O3. The average Bonchev–Trinajstić information content (AvgIpc) is 2.50. The fourth-order valence-electron chi connectivity index (χ4n) is 2.57. The molecule has 0 aliphatic carbocycles. The Morgan fingerprint density at radius 3 is 2.38 bits per heavy atom. The summed E-state index contributed by atoms with van der Waals surface area (Å²) in [5.41, 5.74) is 1.83. The Kier molecular flexibility index (Phi) is 5.33. The molecule has 0 saturated carbocycles. The van der Waals surface area contributed by atoms with Crippen LogP contribution in [0.1, 0.15) is 29.8 Å². The van der Waals surface area contributed by atoms with Gasteiger partial charge in [0, 0.05) is 31.2 Å². The van der Waals surface area contributed by atoms with Crippen molar-refractivity contribution < 1.29 is 14.4 Å². The first-order chi connectivity index (χ1) is 10.0. The van der Waals surface area contributed by atoms with Crippen LogP contribution >= 0.6 is 0 Å². The molecule has 21 heavy (non-hydrogen) atoms. The molecule has 0 unspecified atom stereocenters. The summed E-state index contributed by atoms with van der Waals surface area (Å²) in [6, 6.07) is 8.54. The van der Waals surface area contributed by atoms with Gasteiger partial charge >= 0.3 is 0 Å². The second-order valence-electron chi connectivity index (χ2n) is 5.59. The van der Waals surface area contributed by atoms with Crippen LogP contribution in [-0.2, 0) is 16.1 Å². The number of nitrogens with zero attached hydrogens (tertiary/aromatic N) is 2. The zero-order chi connectivity index (χ0) is 15.4. The summed E-state index contributed by atoms with van der Waals surface area (Å²) in [6.07, 6.45) is 0. The summed E-state index contributed by atoms with van der Waals surface area (Å²) in [5.74, 6) is -0.142. The average molecular weight is 292 g/mol. The molecular weight excluding hydrogens is 268 g/mol. The molecule has 0 N–H and O–H groups in total. The highest BCUT2D eigenvalue weighted by Gasteiger charge is 2.25. The van der Waals surface area contributed by atoms with Gasteiger partial charge in [0.25, 0.3) is 5.91 Å². The van der Waals surface area contributed by atoms with Crippen LogP contribution in [0.5, 0.6) is 0 Å². The van der Waals surface area contributed by atoms with Crippen LogP contribution in [0.2, 0.25) is 0 Å². The third-order valence-corrected chi connectivity index (χ3v) is 3.98. The summed E-state index contributed by atoms with van der Waals surface area (Å²) >= 11 is 0. The van der Waals surface area contributed by atoms with E-state index in [-0.39, 0.29) is 5.91 Å². The lowest BCUT2D eigenvalue weighted by Crippen LogP contribution is -2.48. The lowest BCUT2D eigenvalue weighted by molar-refractivity contribution is -0.0757. The van der Waals surface area contributed by atoms with Gasteiger partial charge in [0.2, 0.25) is 0 Å². The zero-order valence-electron chi connectivity index (χ0n) is 13.2. The van der Waals surface area contributed by atoms with Gasteiger partial charge in [-0.05, 0) is 31.5 Å². The molecule has 1 aliphatic heterocycles. The lowest BCUT2D eigenvalue weighted by Gasteiger charge is -2.38. The lowest BCUT2D eigenvalue weighted by atomic mass is 10.1. The molecule has 0 aromatic heterocycles. The summed E-state index contributed by atoms with van der Waals surface area (Å²) < 4.78 is 5.55. The number of amides is 1. The molecule has 5 heteroatoms. The molecule has 0 bridgehead atoms. The zero-order valence-corrected chi connectivity index (χ0v) is 13.2. The fourth-order valence-corrected chi connectivity index (χ4v) is 2.57. The number of rotatable bonds is 4. The van der Waals surface area contributed by atoms with Crippen LogP contribution in [0, 0.1) is 0 Å². The number of carbonyl (C=O) groups is 1. The van der Waals surface area contributed by atoms with Crippen molar-refractivity contribution in [1.29, 1.82) is 0 Å². The molecule has 1 aromatic rings. The van der Waals surface area contributed by atoms with Gasteiger partial charge in [0.1, 0.15) is 0 Å². The third kappa shape index (κ3) is 3.81. The van der Waals surface area contributed by atoms with Gasteiger partial charge in [-0.15, -0.1) is 0 Å². The van der Waals surface area contributed by atoms with Gasteiger partial charge in [-0.3, -0.25) is 14.5 Å². The summed E-state index contributed by atoms with van der Waals surface area (Å²) in [5, 5.41) is 1.22. The monoisotopic (exact) mass is 292 g/mol. The van der Waals surface area contributed by atoms with Crippen molar-refractivity contribution in [3.63, 3.8) is 0 Å². The number of morpholine rings is 1. The Bertz CT molecular complexity index is 465.